The summed E-state index contributed by atoms with van der Waals surface area (Å²) in [5.74, 6) is 0.00517. The third kappa shape index (κ3) is 2.82. The van der Waals surface area contributed by atoms with Crippen LogP contribution < -0.4 is 0 Å². The van der Waals surface area contributed by atoms with E-state index < -0.39 is 22.9 Å². The van der Waals surface area contributed by atoms with E-state index in [9.17, 15) is 18.0 Å². The summed E-state index contributed by atoms with van der Waals surface area (Å²) in [6, 6.07) is 8.91. The molecule has 1 spiro atoms. The van der Waals surface area contributed by atoms with Crippen molar-refractivity contribution >= 4 is 27.5 Å². The van der Waals surface area contributed by atoms with Crippen molar-refractivity contribution in [3.05, 3.63) is 58.4 Å². The summed E-state index contributed by atoms with van der Waals surface area (Å²) >= 11 is 1.55. The molecule has 0 bridgehead atoms. The molecule has 2 aromatic heterocycles. The fraction of sp³-hybridized carbons (Fsp3) is 0.409. The number of carbonyl (C=O) groups is 1. The number of para-hydroxylation sites is 1. The lowest BCUT2D eigenvalue weighted by Crippen LogP contribution is -2.40. The van der Waals surface area contributed by atoms with Crippen LogP contribution in [0.4, 0.5) is 13.2 Å². The molecule has 31 heavy (non-hydrogen) atoms. The summed E-state index contributed by atoms with van der Waals surface area (Å²) in [7, 11) is 0. The second kappa shape index (κ2) is 6.26. The molecule has 5 nitrogen and oxygen atoms in total. The average Bonchev–Trinajstić information content (AvgIpc) is 3.11. The van der Waals surface area contributed by atoms with Gasteiger partial charge in [-0.2, -0.15) is 13.2 Å². The van der Waals surface area contributed by atoms with Gasteiger partial charge in [0.1, 0.15) is 21.7 Å². The molecule has 1 saturated carbocycles. The maximum atomic E-state index is 13.5. The fourth-order valence-electron chi connectivity index (χ4n) is 4.79. The molecule has 2 fully saturated rings. The van der Waals surface area contributed by atoms with Crippen LogP contribution in [0.2, 0.25) is 0 Å². The van der Waals surface area contributed by atoms with Crippen molar-refractivity contribution in [1.82, 2.24) is 14.9 Å². The van der Waals surface area contributed by atoms with Gasteiger partial charge >= 0.3 is 6.18 Å². The molecule has 4 heterocycles. The first kappa shape index (κ1) is 19.2. The number of halogens is 3. The van der Waals surface area contributed by atoms with Crippen LogP contribution in [0.15, 0.2) is 36.5 Å². The molecule has 0 N–H and O–H groups in total. The highest BCUT2D eigenvalue weighted by Crippen LogP contribution is 2.53. The smallest absolute Gasteiger partial charge is 0.364 e. The number of aromatic nitrogens is 2. The predicted octanol–water partition coefficient (Wildman–Crippen LogP) is 4.40. The number of thiazole rings is 1. The molecular weight excluding hydrogens is 427 g/mol. The van der Waals surface area contributed by atoms with Crippen molar-refractivity contribution in [2.24, 2.45) is 0 Å². The van der Waals surface area contributed by atoms with Gasteiger partial charge in [0.25, 0.3) is 0 Å². The number of hydrogen-bond acceptors (Lipinski definition) is 5. The van der Waals surface area contributed by atoms with Crippen LogP contribution in [0.25, 0.3) is 10.2 Å². The highest BCUT2D eigenvalue weighted by molar-refractivity contribution is 7.18. The first-order valence-corrected chi connectivity index (χ1v) is 11.0. The Morgan fingerprint density at radius 3 is 2.74 bits per heavy atom. The summed E-state index contributed by atoms with van der Waals surface area (Å²) in [6.07, 6.45) is -1.30. The van der Waals surface area contributed by atoms with E-state index in [1.807, 2.05) is 24.3 Å². The quantitative estimate of drug-likeness (QED) is 0.587. The Kier molecular flexibility index (Phi) is 3.87. The molecule has 1 aromatic carbocycles. The molecule has 160 valence electrons. The van der Waals surface area contributed by atoms with Gasteiger partial charge < -0.3 is 9.64 Å². The minimum Gasteiger partial charge on any atom is -0.364 e. The number of fused-ring (bicyclic) bond motifs is 3. The normalized spacial score (nSPS) is 24.2. The number of amides is 1. The monoisotopic (exact) mass is 445 g/mol. The van der Waals surface area contributed by atoms with E-state index in [0.717, 1.165) is 34.1 Å². The number of rotatable bonds is 2. The largest absolute Gasteiger partial charge is 0.433 e. The van der Waals surface area contributed by atoms with Crippen molar-refractivity contribution in [3.63, 3.8) is 0 Å². The number of nitrogens with zero attached hydrogens (tertiary/aromatic N) is 3. The standard InChI is InChI=1S/C22H18F3N3O2S/c23-22(24,25)17-9-14-13(10-26-17)11-30-21(14)7-8-28(12-21)19(29)20(5-6-20)18-27-15-3-1-2-4-16(15)31-18/h1-4,9-10H,5-8,11-12H2. The zero-order valence-electron chi connectivity index (χ0n) is 16.4. The van der Waals surface area contributed by atoms with E-state index in [1.165, 1.54) is 6.20 Å². The molecule has 1 unspecified atom stereocenters. The summed E-state index contributed by atoms with van der Waals surface area (Å²) in [4.78, 5) is 23.5. The summed E-state index contributed by atoms with van der Waals surface area (Å²) in [5.41, 5.74) is -0.359. The van der Waals surface area contributed by atoms with E-state index in [4.69, 9.17) is 9.72 Å². The number of hydrogen-bond donors (Lipinski definition) is 0. The van der Waals surface area contributed by atoms with Crippen LogP contribution in [0.5, 0.6) is 0 Å². The molecule has 1 amide bonds. The predicted molar refractivity (Wildman–Crippen MR) is 107 cm³/mol. The maximum Gasteiger partial charge on any atom is 0.433 e. The maximum absolute atomic E-state index is 13.5. The van der Waals surface area contributed by atoms with Crippen LogP contribution in [0.3, 0.4) is 0 Å². The lowest BCUT2D eigenvalue weighted by atomic mass is 9.92. The lowest BCUT2D eigenvalue weighted by molar-refractivity contribution is -0.141. The molecule has 0 radical (unpaired) electrons. The van der Waals surface area contributed by atoms with Crippen molar-refractivity contribution in [2.75, 3.05) is 13.1 Å². The van der Waals surface area contributed by atoms with E-state index in [-0.39, 0.29) is 19.1 Å². The SMILES string of the molecule is O=C(N1CCC2(C1)OCc1cnc(C(F)(F)F)cc12)C1(c2nc3ccccc3s2)CC1. The summed E-state index contributed by atoms with van der Waals surface area (Å²) in [6.45, 7) is 0.924. The van der Waals surface area contributed by atoms with Crippen LogP contribution >= 0.6 is 11.3 Å². The number of pyridine rings is 1. The zero-order chi connectivity index (χ0) is 21.4. The Morgan fingerprint density at radius 2 is 2.00 bits per heavy atom. The molecule has 2 aliphatic heterocycles. The van der Waals surface area contributed by atoms with Crippen molar-refractivity contribution in [1.29, 1.82) is 0 Å². The van der Waals surface area contributed by atoms with Crippen LogP contribution in [0.1, 0.15) is 41.1 Å². The van der Waals surface area contributed by atoms with E-state index >= 15 is 0 Å². The first-order valence-electron chi connectivity index (χ1n) is 10.2. The second-order valence-corrected chi connectivity index (χ2v) is 9.58. The van der Waals surface area contributed by atoms with Gasteiger partial charge in [0.2, 0.25) is 5.91 Å². The van der Waals surface area contributed by atoms with Crippen molar-refractivity contribution in [2.45, 2.75) is 43.1 Å². The van der Waals surface area contributed by atoms with Gasteiger partial charge in [0.05, 0.1) is 23.4 Å². The number of alkyl halides is 3. The highest BCUT2D eigenvalue weighted by atomic mass is 32.1. The van der Waals surface area contributed by atoms with E-state index in [0.29, 0.717) is 24.1 Å². The van der Waals surface area contributed by atoms with Gasteiger partial charge in [-0.3, -0.25) is 9.78 Å². The second-order valence-electron chi connectivity index (χ2n) is 8.55. The number of likely N-dealkylation sites (tertiary alicyclic amines) is 1. The topological polar surface area (TPSA) is 55.3 Å². The van der Waals surface area contributed by atoms with Gasteiger partial charge in [-0.25, -0.2) is 4.98 Å². The molecule has 6 rings (SSSR count). The Labute approximate surface area is 179 Å². The van der Waals surface area contributed by atoms with Gasteiger partial charge in [0, 0.05) is 18.3 Å². The zero-order valence-corrected chi connectivity index (χ0v) is 17.2. The third-order valence-corrected chi connectivity index (χ3v) is 7.89. The molecular formula is C22H18F3N3O2S. The fourth-order valence-corrected chi connectivity index (χ4v) is 5.99. The Hall–Kier alpha value is -2.52. The van der Waals surface area contributed by atoms with Crippen molar-refractivity contribution in [3.8, 4) is 0 Å². The lowest BCUT2D eigenvalue weighted by Gasteiger charge is -2.27. The Balaban J connectivity index is 1.29. The minimum absolute atomic E-state index is 0.00517. The van der Waals surface area contributed by atoms with Gasteiger partial charge in [-0.05, 0) is 43.0 Å². The third-order valence-electron chi connectivity index (χ3n) is 6.65. The summed E-state index contributed by atoms with van der Waals surface area (Å²) < 4.78 is 46.7. The number of carbonyl (C=O) groups excluding carboxylic acids is 1. The van der Waals surface area contributed by atoms with Gasteiger partial charge in [-0.1, -0.05) is 12.1 Å². The van der Waals surface area contributed by atoms with E-state index in [1.54, 1.807) is 16.2 Å². The molecule has 1 saturated heterocycles. The molecule has 1 aliphatic carbocycles. The molecule has 3 aliphatic rings. The minimum atomic E-state index is -4.52. The molecule has 9 heteroatoms. The van der Waals surface area contributed by atoms with Crippen LogP contribution in [0, 0.1) is 0 Å². The van der Waals surface area contributed by atoms with E-state index in [2.05, 4.69) is 4.98 Å². The van der Waals surface area contributed by atoms with Gasteiger partial charge in [-0.15, -0.1) is 11.3 Å². The van der Waals surface area contributed by atoms with Crippen LogP contribution in [-0.2, 0) is 33.3 Å². The Bertz CT molecular complexity index is 1190. The summed E-state index contributed by atoms with van der Waals surface area (Å²) in [5, 5.41) is 0.830. The number of benzene rings is 1. The van der Waals surface area contributed by atoms with Crippen molar-refractivity contribution < 1.29 is 22.7 Å². The number of ether oxygens (including phenoxy) is 1. The highest BCUT2D eigenvalue weighted by Gasteiger charge is 2.58. The average molecular weight is 445 g/mol. The first-order chi connectivity index (χ1) is 14.8. The van der Waals surface area contributed by atoms with Gasteiger partial charge in [0.15, 0.2) is 0 Å². The molecule has 1 atom stereocenters. The Morgan fingerprint density at radius 1 is 1.19 bits per heavy atom. The molecule has 3 aromatic rings. The van der Waals surface area contributed by atoms with Crippen LogP contribution in [-0.4, -0.2) is 33.9 Å².